The molecule has 0 saturated heterocycles. The lowest BCUT2D eigenvalue weighted by atomic mass is 10.3. The Morgan fingerprint density at radius 2 is 1.62 bits per heavy atom. The van der Waals surface area contributed by atoms with Crippen LogP contribution in [0.5, 0.6) is 5.75 Å². The van der Waals surface area contributed by atoms with Gasteiger partial charge in [0.05, 0.1) is 0 Å². The van der Waals surface area contributed by atoms with E-state index in [-0.39, 0.29) is 0 Å². The number of hydrogen-bond donors (Lipinski definition) is 0. The summed E-state index contributed by atoms with van der Waals surface area (Å²) in [7, 11) is 0. The number of carbonyl (C=O) groups is 1. The van der Waals surface area contributed by atoms with Gasteiger partial charge in [-0.3, -0.25) is 4.79 Å². The number of para-hydroxylation sites is 1. The molecule has 0 N–H and O–H groups in total. The molecule has 0 aromatic heterocycles. The zero-order valence-corrected chi connectivity index (χ0v) is 8.91. The first-order chi connectivity index (χ1) is 6.43. The second kappa shape index (κ2) is 13.6. The van der Waals surface area contributed by atoms with Gasteiger partial charge in [0.1, 0.15) is 5.75 Å². The third-order valence-electron chi connectivity index (χ3n) is 0.927. The smallest absolute Gasteiger partial charge is 0.298 e. The number of alkyl halides is 1. The van der Waals surface area contributed by atoms with Crippen LogP contribution in [0.3, 0.4) is 0 Å². The van der Waals surface area contributed by atoms with Crippen LogP contribution in [0, 0.1) is 0 Å². The van der Waals surface area contributed by atoms with Crippen molar-refractivity contribution in [1.29, 1.82) is 0 Å². The maximum atomic E-state index is 9.75. The summed E-state index contributed by atoms with van der Waals surface area (Å²) in [6.07, 6.45) is 1.47. The number of hydrogen-bond acceptors (Lipinski definition) is 2. The fourth-order valence-corrected chi connectivity index (χ4v) is 0.555. The van der Waals surface area contributed by atoms with Gasteiger partial charge in [0.15, 0.2) is 0 Å². The Morgan fingerprint density at radius 1 is 1.15 bits per heavy atom. The first kappa shape index (κ1) is 14.5. The lowest BCUT2D eigenvalue weighted by molar-refractivity contribution is -0.120. The lowest BCUT2D eigenvalue weighted by Gasteiger charge is -1.92. The van der Waals surface area contributed by atoms with E-state index in [4.69, 9.17) is 0 Å². The fourth-order valence-electron chi connectivity index (χ4n) is 0.555. The molecule has 0 aliphatic rings. The molecule has 1 aromatic rings. The molecule has 74 valence electrons. The van der Waals surface area contributed by atoms with Crippen molar-refractivity contribution >= 4 is 18.1 Å². The van der Waals surface area contributed by atoms with Crippen molar-refractivity contribution in [3.8, 4) is 5.75 Å². The SMILES string of the molecule is CC.CCl.O=COc1ccccc1. The van der Waals surface area contributed by atoms with Crippen molar-refractivity contribution < 1.29 is 9.53 Å². The van der Waals surface area contributed by atoms with Crippen LogP contribution in [-0.2, 0) is 4.79 Å². The van der Waals surface area contributed by atoms with Crippen molar-refractivity contribution in [2.45, 2.75) is 13.8 Å². The quantitative estimate of drug-likeness (QED) is 0.544. The molecule has 0 radical (unpaired) electrons. The van der Waals surface area contributed by atoms with Crippen molar-refractivity contribution in [3.63, 3.8) is 0 Å². The Balaban J connectivity index is 0. The van der Waals surface area contributed by atoms with E-state index in [1.54, 1.807) is 24.3 Å². The zero-order chi connectivity index (χ0) is 10.5. The summed E-state index contributed by atoms with van der Waals surface area (Å²) in [5.74, 6) is 0.576. The molecular weight excluding hydrogens is 188 g/mol. The molecule has 0 amide bonds. The molecule has 0 saturated carbocycles. The Labute approximate surface area is 84.5 Å². The molecule has 0 unspecified atom stereocenters. The largest absolute Gasteiger partial charge is 0.429 e. The van der Waals surface area contributed by atoms with Crippen LogP contribution in [0.1, 0.15) is 13.8 Å². The highest BCUT2D eigenvalue weighted by Gasteiger charge is 1.84. The molecule has 0 aliphatic heterocycles. The number of ether oxygens (including phenoxy) is 1. The van der Waals surface area contributed by atoms with Gasteiger partial charge in [-0.1, -0.05) is 32.0 Å². The third kappa shape index (κ3) is 8.89. The standard InChI is InChI=1S/C7H6O2.C2H6.CH3Cl/c8-6-9-7-4-2-1-3-5-7;2*1-2/h1-6H;1-2H3;1H3. The predicted molar refractivity (Wildman–Crippen MR) is 56.3 cm³/mol. The Bertz CT molecular complexity index is 187. The Hall–Kier alpha value is -1.02. The minimum Gasteiger partial charge on any atom is -0.429 e. The lowest BCUT2D eigenvalue weighted by Crippen LogP contribution is -1.85. The molecule has 13 heavy (non-hydrogen) atoms. The normalized spacial score (nSPS) is 6.77. The van der Waals surface area contributed by atoms with Crippen LogP contribution < -0.4 is 4.74 Å². The number of halogens is 1. The molecule has 0 aliphatic carbocycles. The second-order valence-corrected chi connectivity index (χ2v) is 1.53. The first-order valence-corrected chi connectivity index (χ1v) is 4.72. The molecule has 0 spiro atoms. The summed E-state index contributed by atoms with van der Waals surface area (Å²) < 4.78 is 4.53. The second-order valence-electron chi connectivity index (χ2n) is 1.53. The highest BCUT2D eigenvalue weighted by Crippen LogP contribution is 2.05. The van der Waals surface area contributed by atoms with Gasteiger partial charge in [-0.15, -0.1) is 11.6 Å². The van der Waals surface area contributed by atoms with E-state index in [9.17, 15) is 4.79 Å². The van der Waals surface area contributed by atoms with Crippen LogP contribution in [-0.4, -0.2) is 12.9 Å². The maximum absolute atomic E-state index is 9.75. The van der Waals surface area contributed by atoms with Gasteiger partial charge in [0, 0.05) is 6.38 Å². The van der Waals surface area contributed by atoms with Crippen molar-refractivity contribution in [1.82, 2.24) is 0 Å². The van der Waals surface area contributed by atoms with Gasteiger partial charge in [0.2, 0.25) is 0 Å². The molecule has 3 heteroatoms. The van der Waals surface area contributed by atoms with E-state index in [0.717, 1.165) is 0 Å². The molecule has 1 rings (SSSR count). The molecule has 0 atom stereocenters. The summed E-state index contributed by atoms with van der Waals surface area (Å²) in [4.78, 5) is 9.75. The highest BCUT2D eigenvalue weighted by atomic mass is 35.5. The van der Waals surface area contributed by atoms with Crippen molar-refractivity contribution in [2.75, 3.05) is 6.38 Å². The van der Waals surface area contributed by atoms with Gasteiger partial charge in [0.25, 0.3) is 6.47 Å². The van der Waals surface area contributed by atoms with Crippen LogP contribution in [0.4, 0.5) is 0 Å². The number of benzene rings is 1. The third-order valence-corrected chi connectivity index (χ3v) is 0.927. The number of carbonyl (C=O) groups excluding carboxylic acids is 1. The summed E-state index contributed by atoms with van der Waals surface area (Å²) in [6, 6.07) is 8.90. The topological polar surface area (TPSA) is 26.3 Å². The summed E-state index contributed by atoms with van der Waals surface area (Å²) in [5.41, 5.74) is 0. The van der Waals surface area contributed by atoms with Crippen LogP contribution >= 0.6 is 11.6 Å². The van der Waals surface area contributed by atoms with Crippen LogP contribution in [0.15, 0.2) is 30.3 Å². The highest BCUT2D eigenvalue weighted by molar-refractivity contribution is 6.15. The Morgan fingerprint density at radius 3 is 2.00 bits per heavy atom. The van der Waals surface area contributed by atoms with Crippen LogP contribution in [0.2, 0.25) is 0 Å². The Kier molecular flexibility index (Phi) is 15.1. The molecule has 2 nitrogen and oxygen atoms in total. The first-order valence-electron chi connectivity index (χ1n) is 3.96. The maximum Gasteiger partial charge on any atom is 0.298 e. The average Bonchev–Trinajstić information content (AvgIpc) is 2.26. The minimum absolute atomic E-state index is 0.412. The average molecular weight is 203 g/mol. The van der Waals surface area contributed by atoms with Gasteiger partial charge >= 0.3 is 0 Å². The molecule has 0 fully saturated rings. The predicted octanol–water partition coefficient (Wildman–Crippen LogP) is 3.10. The van der Waals surface area contributed by atoms with E-state index >= 15 is 0 Å². The van der Waals surface area contributed by atoms with Gasteiger partial charge in [-0.2, -0.15) is 0 Å². The zero-order valence-electron chi connectivity index (χ0n) is 8.16. The number of rotatable bonds is 2. The summed E-state index contributed by atoms with van der Waals surface area (Å²) in [5, 5.41) is 0. The van der Waals surface area contributed by atoms with Gasteiger partial charge in [-0.05, 0) is 12.1 Å². The van der Waals surface area contributed by atoms with E-state index in [1.807, 2.05) is 19.9 Å². The van der Waals surface area contributed by atoms with Gasteiger partial charge in [-0.25, -0.2) is 0 Å². The molecular formula is C10H15ClO2. The minimum atomic E-state index is 0.412. The van der Waals surface area contributed by atoms with Crippen LogP contribution in [0.25, 0.3) is 0 Å². The summed E-state index contributed by atoms with van der Waals surface area (Å²) in [6.45, 7) is 4.41. The van der Waals surface area contributed by atoms with E-state index in [2.05, 4.69) is 16.3 Å². The van der Waals surface area contributed by atoms with Gasteiger partial charge < -0.3 is 4.74 Å². The fraction of sp³-hybridized carbons (Fsp3) is 0.300. The summed E-state index contributed by atoms with van der Waals surface area (Å²) >= 11 is 4.64. The van der Waals surface area contributed by atoms with E-state index in [1.165, 1.54) is 6.38 Å². The molecule has 1 aromatic carbocycles. The molecule has 0 bridgehead atoms. The molecule has 0 heterocycles. The van der Waals surface area contributed by atoms with E-state index in [0.29, 0.717) is 12.2 Å². The van der Waals surface area contributed by atoms with Crippen molar-refractivity contribution in [2.24, 2.45) is 0 Å². The van der Waals surface area contributed by atoms with E-state index < -0.39 is 0 Å². The van der Waals surface area contributed by atoms with Crippen molar-refractivity contribution in [3.05, 3.63) is 30.3 Å². The monoisotopic (exact) mass is 202 g/mol.